The van der Waals surface area contributed by atoms with Crippen LogP contribution in [0.5, 0.6) is 5.75 Å². The van der Waals surface area contributed by atoms with Crippen molar-refractivity contribution in [3.63, 3.8) is 0 Å². The molecule has 3 heterocycles. The van der Waals surface area contributed by atoms with Gasteiger partial charge < -0.3 is 9.64 Å². The molecule has 1 saturated heterocycles. The van der Waals surface area contributed by atoms with Crippen molar-refractivity contribution in [1.29, 1.82) is 0 Å². The number of hydrogen-bond donors (Lipinski definition) is 0. The van der Waals surface area contributed by atoms with Gasteiger partial charge in [0.05, 0.1) is 13.7 Å². The summed E-state index contributed by atoms with van der Waals surface area (Å²) in [6, 6.07) is 15.1. The van der Waals surface area contributed by atoms with Crippen LogP contribution in [0.1, 0.15) is 23.3 Å². The lowest BCUT2D eigenvalue weighted by Crippen LogP contribution is -2.43. The predicted octanol–water partition coefficient (Wildman–Crippen LogP) is 4.45. The highest BCUT2D eigenvalue weighted by atomic mass is 32.2. The van der Waals surface area contributed by atoms with Crippen molar-refractivity contribution < 1.29 is 17.9 Å². The zero-order valence-corrected chi connectivity index (χ0v) is 20.3. The van der Waals surface area contributed by atoms with Gasteiger partial charge >= 0.3 is 0 Å². The molecule has 3 aromatic rings. The van der Waals surface area contributed by atoms with Crippen LogP contribution >= 0.6 is 22.7 Å². The summed E-state index contributed by atoms with van der Waals surface area (Å²) in [5, 5.41) is 3.78. The number of ether oxygens (including phenoxy) is 1. The Labute approximate surface area is 197 Å². The third kappa shape index (κ3) is 5.06. The number of benzene rings is 1. The molecule has 1 amide bonds. The fourth-order valence-electron chi connectivity index (χ4n) is 3.98. The maximum atomic E-state index is 13.5. The third-order valence-electron chi connectivity index (χ3n) is 5.68. The molecule has 0 radical (unpaired) electrons. The van der Waals surface area contributed by atoms with Crippen LogP contribution in [0.4, 0.5) is 0 Å². The molecule has 2 aromatic heterocycles. The molecule has 0 unspecified atom stereocenters. The zero-order chi connectivity index (χ0) is 22.6. The van der Waals surface area contributed by atoms with Crippen molar-refractivity contribution in [2.24, 2.45) is 5.92 Å². The number of para-hydroxylation sites is 1. The van der Waals surface area contributed by atoms with Gasteiger partial charge in [0, 0.05) is 36.0 Å². The maximum Gasteiger partial charge on any atom is 0.252 e. The monoisotopic (exact) mass is 490 g/mol. The number of hydrogen-bond acceptors (Lipinski definition) is 6. The van der Waals surface area contributed by atoms with Crippen LogP contribution in [0.2, 0.25) is 0 Å². The van der Waals surface area contributed by atoms with E-state index in [4.69, 9.17) is 4.74 Å². The molecule has 1 fully saturated rings. The van der Waals surface area contributed by atoms with E-state index in [9.17, 15) is 13.2 Å². The normalized spacial score (nSPS) is 15.5. The number of thiophene rings is 2. The molecule has 170 valence electrons. The van der Waals surface area contributed by atoms with E-state index in [1.54, 1.807) is 36.0 Å². The highest BCUT2D eigenvalue weighted by molar-refractivity contribution is 7.91. The summed E-state index contributed by atoms with van der Waals surface area (Å²) in [6.07, 6.45) is 1.05. The van der Waals surface area contributed by atoms with Crippen LogP contribution in [0.15, 0.2) is 63.5 Å². The van der Waals surface area contributed by atoms with Crippen molar-refractivity contribution in [3.8, 4) is 5.75 Å². The molecule has 32 heavy (non-hydrogen) atoms. The van der Waals surface area contributed by atoms with Crippen LogP contribution in [-0.4, -0.2) is 43.7 Å². The van der Waals surface area contributed by atoms with E-state index in [1.807, 2.05) is 46.7 Å². The van der Waals surface area contributed by atoms with E-state index in [1.165, 1.54) is 15.6 Å². The van der Waals surface area contributed by atoms with Gasteiger partial charge in [0.2, 0.25) is 5.91 Å². The van der Waals surface area contributed by atoms with Gasteiger partial charge in [-0.3, -0.25) is 4.79 Å². The number of piperidine rings is 1. The summed E-state index contributed by atoms with van der Waals surface area (Å²) >= 11 is 2.85. The van der Waals surface area contributed by atoms with Crippen LogP contribution < -0.4 is 4.74 Å². The minimum absolute atomic E-state index is 0.0671. The SMILES string of the molecule is COc1ccccc1CN(Cc1cccs1)C(=O)C1CCN(S(=O)(=O)c2cccs2)CC1. The van der Waals surface area contributed by atoms with Gasteiger partial charge in [0.25, 0.3) is 10.0 Å². The van der Waals surface area contributed by atoms with Crippen molar-refractivity contribution in [2.45, 2.75) is 30.1 Å². The number of rotatable bonds is 8. The molecule has 6 nitrogen and oxygen atoms in total. The van der Waals surface area contributed by atoms with Crippen LogP contribution in [0.25, 0.3) is 0 Å². The molecular formula is C23H26N2O4S3. The van der Waals surface area contributed by atoms with E-state index in [-0.39, 0.29) is 11.8 Å². The van der Waals surface area contributed by atoms with Crippen molar-refractivity contribution >= 4 is 38.6 Å². The molecule has 1 aliphatic rings. The van der Waals surface area contributed by atoms with Gasteiger partial charge in [-0.2, -0.15) is 4.31 Å². The van der Waals surface area contributed by atoms with E-state index in [2.05, 4.69) is 0 Å². The first-order valence-corrected chi connectivity index (χ1v) is 13.7. The fraction of sp³-hybridized carbons (Fsp3) is 0.348. The Morgan fingerprint density at radius 3 is 2.41 bits per heavy atom. The van der Waals surface area contributed by atoms with Crippen molar-refractivity contribution in [1.82, 2.24) is 9.21 Å². The molecule has 1 aliphatic heterocycles. The summed E-state index contributed by atoms with van der Waals surface area (Å²) in [5.41, 5.74) is 0.956. The minimum atomic E-state index is -3.47. The lowest BCUT2D eigenvalue weighted by atomic mass is 9.96. The molecule has 0 N–H and O–H groups in total. The Hall–Kier alpha value is -2.20. The number of amides is 1. The Kier molecular flexibility index (Phi) is 7.30. The Bertz CT molecular complexity index is 1120. The molecule has 4 rings (SSSR count). The molecule has 0 saturated carbocycles. The zero-order valence-electron chi connectivity index (χ0n) is 17.8. The summed E-state index contributed by atoms with van der Waals surface area (Å²) < 4.78 is 33.0. The van der Waals surface area contributed by atoms with E-state index < -0.39 is 10.0 Å². The van der Waals surface area contributed by atoms with Gasteiger partial charge in [-0.25, -0.2) is 8.42 Å². The molecule has 1 aromatic carbocycles. The molecule has 0 bridgehead atoms. The predicted molar refractivity (Wildman–Crippen MR) is 127 cm³/mol. The Morgan fingerprint density at radius 2 is 1.75 bits per heavy atom. The second-order valence-corrected chi connectivity index (χ2v) is 11.8. The number of methoxy groups -OCH3 is 1. The second kappa shape index (κ2) is 10.2. The topological polar surface area (TPSA) is 66.9 Å². The first kappa shape index (κ1) is 23.0. The summed E-state index contributed by atoms with van der Waals surface area (Å²) in [4.78, 5) is 16.5. The summed E-state index contributed by atoms with van der Waals surface area (Å²) in [5.74, 6) is 0.630. The van der Waals surface area contributed by atoms with Crippen molar-refractivity contribution in [3.05, 3.63) is 69.7 Å². The highest BCUT2D eigenvalue weighted by Crippen LogP contribution is 2.29. The van der Waals surface area contributed by atoms with Crippen LogP contribution in [0, 0.1) is 5.92 Å². The molecule has 0 atom stereocenters. The minimum Gasteiger partial charge on any atom is -0.496 e. The third-order valence-corrected chi connectivity index (χ3v) is 9.82. The Balaban J connectivity index is 1.48. The smallest absolute Gasteiger partial charge is 0.252 e. The van der Waals surface area contributed by atoms with Gasteiger partial charge in [0.15, 0.2) is 0 Å². The first-order chi connectivity index (χ1) is 15.5. The van der Waals surface area contributed by atoms with E-state index in [0.29, 0.717) is 43.2 Å². The molecular weight excluding hydrogens is 464 g/mol. The van der Waals surface area contributed by atoms with Gasteiger partial charge in [-0.1, -0.05) is 30.3 Å². The number of nitrogens with zero attached hydrogens (tertiary/aromatic N) is 2. The highest BCUT2D eigenvalue weighted by Gasteiger charge is 2.34. The number of carbonyl (C=O) groups excluding carboxylic acids is 1. The van der Waals surface area contributed by atoms with Crippen LogP contribution in [0.3, 0.4) is 0 Å². The van der Waals surface area contributed by atoms with Gasteiger partial charge in [-0.15, -0.1) is 22.7 Å². The summed E-state index contributed by atoms with van der Waals surface area (Å²) in [7, 11) is -1.84. The average Bonchev–Trinajstić information content (AvgIpc) is 3.53. The lowest BCUT2D eigenvalue weighted by Gasteiger charge is -2.33. The number of sulfonamides is 1. The molecule has 0 spiro atoms. The second-order valence-electron chi connectivity index (χ2n) is 7.70. The van der Waals surface area contributed by atoms with Gasteiger partial charge in [0.1, 0.15) is 9.96 Å². The van der Waals surface area contributed by atoms with E-state index >= 15 is 0 Å². The van der Waals surface area contributed by atoms with Gasteiger partial charge in [-0.05, 0) is 41.8 Å². The summed E-state index contributed by atoms with van der Waals surface area (Å²) in [6.45, 7) is 1.70. The fourth-order valence-corrected chi connectivity index (χ4v) is 7.31. The van der Waals surface area contributed by atoms with Crippen molar-refractivity contribution in [2.75, 3.05) is 20.2 Å². The largest absolute Gasteiger partial charge is 0.496 e. The Morgan fingerprint density at radius 1 is 1.03 bits per heavy atom. The number of carbonyl (C=O) groups is 1. The maximum absolute atomic E-state index is 13.5. The first-order valence-electron chi connectivity index (χ1n) is 10.5. The quantitative estimate of drug-likeness (QED) is 0.468. The molecule has 9 heteroatoms. The van der Waals surface area contributed by atoms with Crippen LogP contribution in [-0.2, 0) is 27.9 Å². The average molecular weight is 491 g/mol. The standard InChI is InChI=1S/C23H26N2O4S3/c1-29-21-8-3-2-6-19(21)16-24(17-20-7-4-14-30-20)23(26)18-10-12-25(13-11-18)32(27,28)22-9-5-15-31-22/h2-9,14-15,18H,10-13,16-17H2,1H3. The lowest BCUT2D eigenvalue weighted by molar-refractivity contribution is -0.138. The van der Waals surface area contributed by atoms with E-state index in [0.717, 1.165) is 16.2 Å². The molecule has 0 aliphatic carbocycles.